The molecule has 2 heterocycles. The SMILES string of the molecule is COC(=O)c1c(NC(=O)c2cccc(S(=O)(=O)N3CCOCC3)c2)sc2c1CCCC2. The van der Waals surface area contributed by atoms with Crippen LogP contribution >= 0.6 is 11.3 Å². The minimum atomic E-state index is -3.72. The van der Waals surface area contributed by atoms with Gasteiger partial charge in [0.2, 0.25) is 10.0 Å². The molecule has 0 bridgehead atoms. The molecule has 1 aromatic heterocycles. The summed E-state index contributed by atoms with van der Waals surface area (Å²) < 4.78 is 37.4. The summed E-state index contributed by atoms with van der Waals surface area (Å²) in [5.41, 5.74) is 1.56. The Bertz CT molecular complexity index is 1100. The van der Waals surface area contributed by atoms with Crippen LogP contribution in [-0.4, -0.2) is 58.0 Å². The highest BCUT2D eigenvalue weighted by Gasteiger charge is 2.29. The smallest absolute Gasteiger partial charge is 0.341 e. The summed E-state index contributed by atoms with van der Waals surface area (Å²) in [7, 11) is -2.40. The second kappa shape index (κ2) is 9.07. The van der Waals surface area contributed by atoms with Crippen LogP contribution in [0.4, 0.5) is 5.00 Å². The van der Waals surface area contributed by atoms with E-state index in [4.69, 9.17) is 9.47 Å². The Labute approximate surface area is 185 Å². The number of anilines is 1. The van der Waals surface area contributed by atoms with E-state index in [0.717, 1.165) is 36.1 Å². The van der Waals surface area contributed by atoms with Crippen molar-refractivity contribution < 1.29 is 27.5 Å². The molecule has 1 saturated heterocycles. The number of benzene rings is 1. The number of aryl methyl sites for hydroxylation is 1. The highest BCUT2D eigenvalue weighted by molar-refractivity contribution is 7.89. The zero-order chi connectivity index (χ0) is 22.0. The van der Waals surface area contributed by atoms with Crippen molar-refractivity contribution in [3.05, 3.63) is 45.8 Å². The van der Waals surface area contributed by atoms with Crippen LogP contribution in [0.1, 0.15) is 44.0 Å². The maximum absolute atomic E-state index is 13.0. The molecule has 0 saturated carbocycles. The molecule has 1 aliphatic heterocycles. The van der Waals surface area contributed by atoms with Gasteiger partial charge in [0.25, 0.3) is 5.91 Å². The van der Waals surface area contributed by atoms with Crippen LogP contribution in [0.15, 0.2) is 29.2 Å². The van der Waals surface area contributed by atoms with E-state index >= 15 is 0 Å². The quantitative estimate of drug-likeness (QED) is 0.683. The van der Waals surface area contributed by atoms with Crippen LogP contribution in [0.25, 0.3) is 0 Å². The zero-order valence-corrected chi connectivity index (χ0v) is 18.8. The molecule has 2 aromatic rings. The van der Waals surface area contributed by atoms with Crippen LogP contribution in [0.2, 0.25) is 0 Å². The second-order valence-corrected chi connectivity index (χ2v) is 10.4. The molecule has 1 aromatic carbocycles. The fourth-order valence-electron chi connectivity index (χ4n) is 3.88. The molecule has 0 radical (unpaired) electrons. The maximum Gasteiger partial charge on any atom is 0.341 e. The maximum atomic E-state index is 13.0. The van der Waals surface area contributed by atoms with Crippen molar-refractivity contribution in [2.75, 3.05) is 38.7 Å². The number of sulfonamides is 1. The number of carbonyl (C=O) groups is 2. The van der Waals surface area contributed by atoms with Gasteiger partial charge in [-0.05, 0) is 49.4 Å². The van der Waals surface area contributed by atoms with Gasteiger partial charge in [0.1, 0.15) is 5.00 Å². The van der Waals surface area contributed by atoms with Crippen molar-refractivity contribution in [2.24, 2.45) is 0 Å². The van der Waals surface area contributed by atoms with Crippen molar-refractivity contribution >= 4 is 38.2 Å². The third-order valence-corrected chi connectivity index (χ3v) is 8.59. The van der Waals surface area contributed by atoms with Crippen LogP contribution in [0.3, 0.4) is 0 Å². The van der Waals surface area contributed by atoms with E-state index in [9.17, 15) is 18.0 Å². The second-order valence-electron chi connectivity index (χ2n) is 7.41. The number of morpholine rings is 1. The molecule has 1 amide bonds. The highest BCUT2D eigenvalue weighted by atomic mass is 32.2. The summed E-state index contributed by atoms with van der Waals surface area (Å²) in [6.07, 6.45) is 3.68. The number of rotatable bonds is 5. The van der Waals surface area contributed by atoms with Crippen molar-refractivity contribution in [3.63, 3.8) is 0 Å². The Balaban J connectivity index is 1.61. The van der Waals surface area contributed by atoms with E-state index in [1.54, 1.807) is 12.1 Å². The number of thiophene rings is 1. The lowest BCUT2D eigenvalue weighted by Crippen LogP contribution is -2.40. The van der Waals surface area contributed by atoms with Gasteiger partial charge in [0, 0.05) is 23.5 Å². The van der Waals surface area contributed by atoms with Gasteiger partial charge < -0.3 is 14.8 Å². The number of carbonyl (C=O) groups excluding carboxylic acids is 2. The van der Waals surface area contributed by atoms with Crippen molar-refractivity contribution in [1.29, 1.82) is 0 Å². The lowest BCUT2D eigenvalue weighted by Gasteiger charge is -2.26. The molecule has 0 atom stereocenters. The molecule has 1 fully saturated rings. The fourth-order valence-corrected chi connectivity index (χ4v) is 6.61. The monoisotopic (exact) mass is 464 g/mol. The summed E-state index contributed by atoms with van der Waals surface area (Å²) in [5, 5.41) is 3.26. The molecule has 0 unspecified atom stereocenters. The Hall–Kier alpha value is -2.27. The van der Waals surface area contributed by atoms with Gasteiger partial charge in [-0.15, -0.1) is 11.3 Å². The van der Waals surface area contributed by atoms with E-state index in [0.29, 0.717) is 23.8 Å². The van der Waals surface area contributed by atoms with Crippen LogP contribution in [0.5, 0.6) is 0 Å². The molecule has 166 valence electrons. The van der Waals surface area contributed by atoms with Gasteiger partial charge in [-0.2, -0.15) is 4.31 Å². The summed E-state index contributed by atoms with van der Waals surface area (Å²) in [6, 6.07) is 5.94. The summed E-state index contributed by atoms with van der Waals surface area (Å²) in [6.45, 7) is 1.25. The topological polar surface area (TPSA) is 102 Å². The van der Waals surface area contributed by atoms with Crippen molar-refractivity contribution in [1.82, 2.24) is 4.31 Å². The van der Waals surface area contributed by atoms with Crippen LogP contribution in [-0.2, 0) is 32.3 Å². The lowest BCUT2D eigenvalue weighted by atomic mass is 9.95. The third-order valence-electron chi connectivity index (χ3n) is 5.49. The molecule has 1 aliphatic carbocycles. The number of hydrogen-bond acceptors (Lipinski definition) is 7. The van der Waals surface area contributed by atoms with Crippen molar-refractivity contribution in [2.45, 2.75) is 30.6 Å². The number of methoxy groups -OCH3 is 1. The molecule has 2 aliphatic rings. The van der Waals surface area contributed by atoms with Crippen LogP contribution in [0, 0.1) is 0 Å². The zero-order valence-electron chi connectivity index (χ0n) is 17.2. The fraction of sp³-hybridized carbons (Fsp3) is 0.429. The molecule has 10 heteroatoms. The lowest BCUT2D eigenvalue weighted by molar-refractivity contribution is 0.0601. The first-order chi connectivity index (χ1) is 14.9. The Morgan fingerprint density at radius 1 is 1.16 bits per heavy atom. The van der Waals surface area contributed by atoms with E-state index in [2.05, 4.69) is 5.32 Å². The number of nitrogens with zero attached hydrogens (tertiary/aromatic N) is 1. The molecule has 1 N–H and O–H groups in total. The number of hydrogen-bond donors (Lipinski definition) is 1. The number of fused-ring (bicyclic) bond motifs is 1. The molecule has 31 heavy (non-hydrogen) atoms. The first kappa shape index (κ1) is 21.9. The average Bonchev–Trinajstić information content (AvgIpc) is 3.17. The van der Waals surface area contributed by atoms with E-state index in [-0.39, 0.29) is 23.5 Å². The Morgan fingerprint density at radius 3 is 2.65 bits per heavy atom. The summed E-state index contributed by atoms with van der Waals surface area (Å²) in [5.74, 6) is -0.943. The number of amides is 1. The van der Waals surface area contributed by atoms with E-state index in [1.165, 1.54) is 34.9 Å². The Morgan fingerprint density at radius 2 is 1.90 bits per heavy atom. The van der Waals surface area contributed by atoms with Crippen molar-refractivity contribution in [3.8, 4) is 0 Å². The molecular weight excluding hydrogens is 440 g/mol. The number of nitrogens with one attached hydrogen (secondary N) is 1. The number of esters is 1. The molecule has 4 rings (SSSR count). The standard InChI is InChI=1S/C21H24N2O6S2/c1-28-21(25)18-16-7-2-3-8-17(16)30-20(18)22-19(24)14-5-4-6-15(13-14)31(26,27)23-9-11-29-12-10-23/h4-6,13H,2-3,7-12H2,1H3,(H,22,24). The predicted molar refractivity (Wildman–Crippen MR) is 116 cm³/mol. The minimum Gasteiger partial charge on any atom is -0.465 e. The normalized spacial score (nSPS) is 17.1. The van der Waals surface area contributed by atoms with Gasteiger partial charge >= 0.3 is 5.97 Å². The average molecular weight is 465 g/mol. The van der Waals surface area contributed by atoms with E-state index < -0.39 is 21.9 Å². The first-order valence-electron chi connectivity index (χ1n) is 10.1. The summed E-state index contributed by atoms with van der Waals surface area (Å²) >= 11 is 1.39. The molecule has 8 nitrogen and oxygen atoms in total. The van der Waals surface area contributed by atoms with Gasteiger partial charge in [-0.3, -0.25) is 4.79 Å². The predicted octanol–water partition coefficient (Wildman–Crippen LogP) is 2.69. The van der Waals surface area contributed by atoms with Gasteiger partial charge in [-0.1, -0.05) is 6.07 Å². The third kappa shape index (κ3) is 4.38. The molecule has 0 spiro atoms. The van der Waals surface area contributed by atoms with Gasteiger partial charge in [0.05, 0.1) is 30.8 Å². The minimum absolute atomic E-state index is 0.0562. The van der Waals surface area contributed by atoms with Gasteiger partial charge in [-0.25, -0.2) is 13.2 Å². The summed E-state index contributed by atoms with van der Waals surface area (Å²) in [4.78, 5) is 26.5. The Kier molecular flexibility index (Phi) is 6.42. The van der Waals surface area contributed by atoms with E-state index in [1.807, 2.05) is 0 Å². The van der Waals surface area contributed by atoms with Crippen LogP contribution < -0.4 is 5.32 Å². The van der Waals surface area contributed by atoms with Gasteiger partial charge in [0.15, 0.2) is 0 Å². The first-order valence-corrected chi connectivity index (χ1v) is 12.4. The number of ether oxygens (including phenoxy) is 2. The molecular formula is C21H24N2O6S2. The highest BCUT2D eigenvalue weighted by Crippen LogP contribution is 2.38. The largest absolute Gasteiger partial charge is 0.465 e.